The molecule has 0 heterocycles. The third-order valence-electron chi connectivity index (χ3n) is 7.99. The van der Waals surface area contributed by atoms with Gasteiger partial charge < -0.3 is 28.4 Å². The van der Waals surface area contributed by atoms with E-state index in [0.29, 0.717) is 72.4 Å². The van der Waals surface area contributed by atoms with E-state index < -0.39 is 11.9 Å². The molecule has 0 aliphatic rings. The molecule has 0 aliphatic carbocycles. The smallest absolute Gasteiger partial charge is 0.343 e. The highest BCUT2D eigenvalue weighted by Gasteiger charge is 2.13. The topological polar surface area (TPSA) is 124 Å². The zero-order valence-electron chi connectivity index (χ0n) is 31.7. The maximum Gasteiger partial charge on any atom is 0.343 e. The van der Waals surface area contributed by atoms with Gasteiger partial charge in [0, 0.05) is 17.2 Å². The molecule has 10 heteroatoms. The first-order valence-electron chi connectivity index (χ1n) is 18.4. The van der Waals surface area contributed by atoms with Crippen LogP contribution in [0.3, 0.4) is 0 Å². The Morgan fingerprint density at radius 3 is 1.57 bits per heavy atom. The average Bonchev–Trinajstić information content (AvgIpc) is 3.16. The van der Waals surface area contributed by atoms with E-state index in [9.17, 15) is 19.2 Å². The first-order valence-corrected chi connectivity index (χ1v) is 18.4. The van der Waals surface area contributed by atoms with E-state index in [0.717, 1.165) is 62.7 Å². The van der Waals surface area contributed by atoms with Crippen LogP contribution in [0.15, 0.2) is 97.1 Å². The highest BCUT2D eigenvalue weighted by Crippen LogP contribution is 2.26. The van der Waals surface area contributed by atoms with Crippen LogP contribution in [0.25, 0.3) is 6.08 Å². The lowest BCUT2D eigenvalue weighted by Crippen LogP contribution is -2.10. The lowest BCUT2D eigenvalue weighted by Gasteiger charge is -2.11. The van der Waals surface area contributed by atoms with E-state index in [1.165, 1.54) is 6.08 Å². The monoisotopic (exact) mass is 740 g/mol. The summed E-state index contributed by atoms with van der Waals surface area (Å²) in [6, 6.07) is 19.1. The van der Waals surface area contributed by atoms with Crippen LogP contribution in [0.4, 0.5) is 0 Å². The van der Waals surface area contributed by atoms with Crippen molar-refractivity contribution in [3.05, 3.63) is 114 Å². The molecule has 0 saturated heterocycles. The molecular formula is C44H52O10. The number of hydrogen-bond acceptors (Lipinski definition) is 10. The van der Waals surface area contributed by atoms with Crippen LogP contribution in [-0.4, -0.2) is 50.3 Å². The van der Waals surface area contributed by atoms with Gasteiger partial charge in [0.1, 0.15) is 23.0 Å². The van der Waals surface area contributed by atoms with E-state index in [2.05, 4.69) is 13.2 Å². The largest absolute Gasteiger partial charge is 0.494 e. The molecule has 0 radical (unpaired) electrons. The molecule has 0 spiro atoms. The molecule has 0 aromatic heterocycles. The minimum atomic E-state index is -0.534. The number of ether oxygens (including phenoxy) is 6. The molecule has 0 saturated carbocycles. The van der Waals surface area contributed by atoms with Crippen LogP contribution in [0.1, 0.15) is 93.6 Å². The van der Waals surface area contributed by atoms with E-state index in [1.807, 2.05) is 31.2 Å². The Morgan fingerprint density at radius 2 is 1.07 bits per heavy atom. The van der Waals surface area contributed by atoms with Crippen molar-refractivity contribution in [2.75, 3.05) is 26.4 Å². The average molecular weight is 741 g/mol. The summed E-state index contributed by atoms with van der Waals surface area (Å²) < 4.78 is 33.0. The number of esters is 4. The molecule has 0 unspecified atom stereocenters. The molecule has 3 aromatic rings. The van der Waals surface area contributed by atoms with Crippen LogP contribution in [0.2, 0.25) is 0 Å². The van der Waals surface area contributed by atoms with Crippen molar-refractivity contribution in [2.24, 2.45) is 0 Å². The molecule has 0 amide bonds. The predicted octanol–water partition coefficient (Wildman–Crippen LogP) is 9.20. The van der Waals surface area contributed by atoms with Crippen molar-refractivity contribution >= 4 is 30.0 Å². The Morgan fingerprint density at radius 1 is 0.593 bits per heavy atom. The highest BCUT2D eigenvalue weighted by atomic mass is 16.5. The van der Waals surface area contributed by atoms with E-state index in [-0.39, 0.29) is 11.9 Å². The second kappa shape index (κ2) is 23.8. The van der Waals surface area contributed by atoms with Gasteiger partial charge in [-0.2, -0.15) is 0 Å². The van der Waals surface area contributed by atoms with Gasteiger partial charge in [0.2, 0.25) is 0 Å². The molecule has 0 N–H and O–H groups in total. The summed E-state index contributed by atoms with van der Waals surface area (Å²) in [6.07, 6.45) is 10.7. The van der Waals surface area contributed by atoms with Gasteiger partial charge in [-0.1, -0.05) is 32.2 Å². The zero-order chi connectivity index (χ0) is 39.1. The van der Waals surface area contributed by atoms with Crippen LogP contribution < -0.4 is 18.9 Å². The predicted molar refractivity (Wildman–Crippen MR) is 208 cm³/mol. The number of benzene rings is 3. The number of hydrogen-bond donors (Lipinski definition) is 0. The molecule has 3 rings (SSSR count). The van der Waals surface area contributed by atoms with E-state index >= 15 is 0 Å². The lowest BCUT2D eigenvalue weighted by atomic mass is 10.1. The Labute approximate surface area is 318 Å². The van der Waals surface area contributed by atoms with Gasteiger partial charge >= 0.3 is 23.9 Å². The number of carbonyl (C=O) groups is 4. The van der Waals surface area contributed by atoms with E-state index in [1.54, 1.807) is 62.4 Å². The van der Waals surface area contributed by atoms with E-state index in [4.69, 9.17) is 28.4 Å². The molecule has 0 bridgehead atoms. The first-order chi connectivity index (χ1) is 26.0. The Balaban J connectivity index is 1.36. The van der Waals surface area contributed by atoms with Crippen molar-refractivity contribution in [1.82, 2.24) is 0 Å². The summed E-state index contributed by atoms with van der Waals surface area (Å²) in [4.78, 5) is 48.2. The fraction of sp³-hybridized carbons (Fsp3) is 0.364. The van der Waals surface area contributed by atoms with Crippen LogP contribution in [-0.2, 0) is 30.3 Å². The normalized spacial score (nSPS) is 10.7. The summed E-state index contributed by atoms with van der Waals surface area (Å²) in [5.41, 5.74) is 2.71. The lowest BCUT2D eigenvalue weighted by molar-refractivity contribution is -0.139. The molecule has 0 fully saturated rings. The Bertz CT molecular complexity index is 1720. The van der Waals surface area contributed by atoms with Crippen molar-refractivity contribution in [3.8, 4) is 23.0 Å². The molecule has 54 heavy (non-hydrogen) atoms. The zero-order valence-corrected chi connectivity index (χ0v) is 31.7. The van der Waals surface area contributed by atoms with Gasteiger partial charge in [-0.05, 0) is 143 Å². The summed E-state index contributed by atoms with van der Waals surface area (Å²) in [6.45, 7) is 14.2. The highest BCUT2D eigenvalue weighted by molar-refractivity contribution is 5.91. The summed E-state index contributed by atoms with van der Waals surface area (Å²) in [7, 11) is 0. The van der Waals surface area contributed by atoms with Crippen molar-refractivity contribution in [1.29, 1.82) is 0 Å². The van der Waals surface area contributed by atoms with Crippen LogP contribution >= 0.6 is 0 Å². The summed E-state index contributed by atoms with van der Waals surface area (Å²) in [5, 5.41) is 0. The number of aryl methyl sites for hydroxylation is 1. The van der Waals surface area contributed by atoms with Crippen molar-refractivity contribution < 1.29 is 47.6 Å². The third kappa shape index (κ3) is 16.4. The fourth-order valence-electron chi connectivity index (χ4n) is 4.90. The van der Waals surface area contributed by atoms with Gasteiger partial charge in [0.15, 0.2) is 0 Å². The number of carbonyl (C=O) groups excluding carboxylic acids is 4. The van der Waals surface area contributed by atoms with Gasteiger partial charge in [0.25, 0.3) is 0 Å². The molecule has 0 atom stereocenters. The quantitative estimate of drug-likeness (QED) is 0.0380. The molecule has 288 valence electrons. The first kappa shape index (κ1) is 42.8. The number of rotatable bonds is 24. The van der Waals surface area contributed by atoms with Gasteiger partial charge in [0.05, 0.1) is 32.0 Å². The molecule has 0 aliphatic heterocycles. The standard InChI is InChI=1S/C44H52O10/c1-6-35-31-39(53-44(48)36-18-22-38(23-19-36)50-28-12-8-10-14-30-52-43(47)33(4)5)24-25-40(35)54-41(45)26-17-34-15-20-37(21-16-34)49-27-11-7-9-13-29-51-42(46)32(2)3/h15-26,31H,2,4,6-14,27-30H2,1,3,5H3/b26-17+. The second-order valence-electron chi connectivity index (χ2n) is 12.7. The SMILES string of the molecule is C=C(C)C(=O)OCCCCCCOc1ccc(/C=C/C(=O)Oc2ccc(OC(=O)c3ccc(OCCCCCCOC(=O)C(=C)C)cc3)cc2CC)cc1. The minimum absolute atomic E-state index is 0.339. The molecule has 3 aromatic carbocycles. The maximum absolute atomic E-state index is 12.8. The van der Waals surface area contributed by atoms with Crippen molar-refractivity contribution in [3.63, 3.8) is 0 Å². The van der Waals surface area contributed by atoms with Crippen LogP contribution in [0.5, 0.6) is 23.0 Å². The van der Waals surface area contributed by atoms with Gasteiger partial charge in [-0.3, -0.25) is 0 Å². The Kier molecular flexibility index (Phi) is 18.9. The van der Waals surface area contributed by atoms with Gasteiger partial charge in [-0.25, -0.2) is 19.2 Å². The molecule has 10 nitrogen and oxygen atoms in total. The van der Waals surface area contributed by atoms with Crippen molar-refractivity contribution in [2.45, 2.75) is 78.6 Å². The minimum Gasteiger partial charge on any atom is -0.494 e. The Hall–Kier alpha value is -5.64. The van der Waals surface area contributed by atoms with Gasteiger partial charge in [-0.15, -0.1) is 0 Å². The summed E-state index contributed by atoms with van der Waals surface area (Å²) >= 11 is 0. The number of unbranched alkanes of at least 4 members (excludes halogenated alkanes) is 6. The molecular weight excluding hydrogens is 688 g/mol. The fourth-order valence-corrected chi connectivity index (χ4v) is 4.90. The third-order valence-corrected chi connectivity index (χ3v) is 7.99. The second-order valence-corrected chi connectivity index (χ2v) is 12.7. The maximum atomic E-state index is 12.8. The summed E-state index contributed by atoms with van der Waals surface area (Å²) in [5.74, 6) is 0.351. The van der Waals surface area contributed by atoms with Crippen LogP contribution in [0, 0.1) is 0 Å².